The third kappa shape index (κ3) is 2.28. The van der Waals surface area contributed by atoms with Gasteiger partial charge >= 0.3 is 5.97 Å². The van der Waals surface area contributed by atoms with E-state index in [0.717, 1.165) is 11.1 Å². The van der Waals surface area contributed by atoms with Crippen LogP contribution in [0.25, 0.3) is 6.08 Å². The summed E-state index contributed by atoms with van der Waals surface area (Å²) >= 11 is 0. The van der Waals surface area contributed by atoms with E-state index in [2.05, 4.69) is 4.99 Å². The van der Waals surface area contributed by atoms with Crippen LogP contribution in [0.15, 0.2) is 51.7 Å². The molecule has 1 aliphatic heterocycles. The highest BCUT2D eigenvalue weighted by molar-refractivity contribution is 6.12. The Morgan fingerprint density at radius 2 is 2.00 bits per heavy atom. The number of aliphatic imine (C=N–C) groups is 1. The predicted molar refractivity (Wildman–Crippen MR) is 75.2 cm³/mol. The first-order valence-corrected chi connectivity index (χ1v) is 6.27. The second-order valence-corrected chi connectivity index (χ2v) is 4.65. The van der Waals surface area contributed by atoms with Crippen molar-refractivity contribution in [3.63, 3.8) is 0 Å². The lowest BCUT2D eigenvalue weighted by Gasteiger charge is -2.03. The second-order valence-electron chi connectivity index (χ2n) is 4.65. The number of carbonyl (C=O) groups is 1. The first kappa shape index (κ1) is 12.4. The van der Waals surface area contributed by atoms with Crippen LogP contribution in [-0.2, 0) is 9.53 Å². The Hall–Kier alpha value is -2.62. The summed E-state index contributed by atoms with van der Waals surface area (Å²) in [5.41, 5.74) is 3.35. The zero-order valence-corrected chi connectivity index (χ0v) is 11.2. The summed E-state index contributed by atoms with van der Waals surface area (Å²) in [5.74, 6) is 0.438. The largest absolute Gasteiger partial charge is 0.465 e. The van der Waals surface area contributed by atoms with Crippen LogP contribution in [0.1, 0.15) is 22.5 Å². The average Bonchev–Trinajstić information content (AvgIpc) is 3.04. The van der Waals surface area contributed by atoms with E-state index in [4.69, 9.17) is 9.15 Å². The van der Waals surface area contributed by atoms with Gasteiger partial charge in [-0.1, -0.05) is 6.07 Å². The Morgan fingerprint density at radius 1 is 1.15 bits per heavy atom. The second kappa shape index (κ2) is 4.81. The zero-order chi connectivity index (χ0) is 14.1. The number of furan rings is 1. The van der Waals surface area contributed by atoms with Gasteiger partial charge in [0.15, 0.2) is 5.70 Å². The summed E-state index contributed by atoms with van der Waals surface area (Å²) in [7, 11) is 0. The number of carbonyl (C=O) groups excluding carboxylic acids is 1. The van der Waals surface area contributed by atoms with E-state index in [1.807, 2.05) is 32.0 Å². The van der Waals surface area contributed by atoms with Gasteiger partial charge in [-0.25, -0.2) is 9.79 Å². The molecule has 1 aromatic heterocycles. The number of esters is 1. The summed E-state index contributed by atoms with van der Waals surface area (Å²) in [4.78, 5) is 16.0. The van der Waals surface area contributed by atoms with Gasteiger partial charge in [-0.05, 0) is 49.2 Å². The quantitative estimate of drug-likeness (QED) is 0.620. The summed E-state index contributed by atoms with van der Waals surface area (Å²) in [6, 6.07) is 9.33. The van der Waals surface area contributed by atoms with Crippen molar-refractivity contribution in [2.75, 3.05) is 0 Å². The van der Waals surface area contributed by atoms with E-state index in [0.29, 0.717) is 11.7 Å². The topological polar surface area (TPSA) is 51.8 Å². The molecular weight excluding hydrogens is 254 g/mol. The van der Waals surface area contributed by atoms with Gasteiger partial charge in [0, 0.05) is 11.6 Å². The maximum Gasteiger partial charge on any atom is 0.363 e. The van der Waals surface area contributed by atoms with Crippen LogP contribution in [0.4, 0.5) is 0 Å². The molecule has 0 spiro atoms. The molecule has 4 nitrogen and oxygen atoms in total. The third-order valence-electron chi connectivity index (χ3n) is 3.20. The van der Waals surface area contributed by atoms with Crippen LogP contribution >= 0.6 is 0 Å². The van der Waals surface area contributed by atoms with Crippen LogP contribution in [-0.4, -0.2) is 11.9 Å². The number of ether oxygens (including phenoxy) is 1. The lowest BCUT2D eigenvalue weighted by Crippen LogP contribution is -2.05. The first-order valence-electron chi connectivity index (χ1n) is 6.27. The minimum Gasteiger partial charge on any atom is -0.465 e. The van der Waals surface area contributed by atoms with Crippen LogP contribution in [0.3, 0.4) is 0 Å². The van der Waals surface area contributed by atoms with Crippen LogP contribution < -0.4 is 0 Å². The van der Waals surface area contributed by atoms with Gasteiger partial charge in [0.25, 0.3) is 0 Å². The molecule has 1 aromatic carbocycles. The fourth-order valence-corrected chi connectivity index (χ4v) is 1.92. The summed E-state index contributed by atoms with van der Waals surface area (Å²) in [6.45, 7) is 4.04. The van der Waals surface area contributed by atoms with Gasteiger partial charge < -0.3 is 9.15 Å². The lowest BCUT2D eigenvalue weighted by molar-refractivity contribution is -0.129. The van der Waals surface area contributed by atoms with Gasteiger partial charge in [-0.2, -0.15) is 0 Å². The molecule has 0 radical (unpaired) electrons. The fourth-order valence-electron chi connectivity index (χ4n) is 1.92. The van der Waals surface area contributed by atoms with E-state index < -0.39 is 5.97 Å². The molecule has 0 saturated heterocycles. The Labute approximate surface area is 116 Å². The van der Waals surface area contributed by atoms with Gasteiger partial charge in [0.2, 0.25) is 5.90 Å². The molecule has 20 heavy (non-hydrogen) atoms. The molecule has 0 bridgehead atoms. The van der Waals surface area contributed by atoms with Crippen LogP contribution in [0, 0.1) is 13.8 Å². The third-order valence-corrected chi connectivity index (χ3v) is 3.20. The molecule has 0 unspecified atom stereocenters. The van der Waals surface area contributed by atoms with Crippen molar-refractivity contribution in [3.05, 3.63) is 64.7 Å². The molecule has 2 heterocycles. The number of aryl methyl sites for hydroxylation is 2. The molecule has 0 aliphatic carbocycles. The molecule has 1 aliphatic rings. The maximum atomic E-state index is 11.8. The Bertz CT molecular complexity index is 724. The van der Waals surface area contributed by atoms with Gasteiger partial charge in [0.05, 0.1) is 6.26 Å². The molecule has 2 aromatic rings. The monoisotopic (exact) mass is 267 g/mol. The van der Waals surface area contributed by atoms with Crippen LogP contribution in [0.5, 0.6) is 0 Å². The molecule has 0 N–H and O–H groups in total. The standard InChI is InChI=1S/C16H13NO3/c1-10-5-6-12(8-11(10)2)15-17-14(16(18)20-15)9-13-4-3-7-19-13/h3-9H,1-2H3/b14-9-. The van der Waals surface area contributed by atoms with E-state index in [-0.39, 0.29) is 5.70 Å². The molecule has 4 heteroatoms. The Balaban J connectivity index is 1.96. The van der Waals surface area contributed by atoms with Crippen molar-refractivity contribution in [3.8, 4) is 0 Å². The smallest absolute Gasteiger partial charge is 0.363 e. The lowest BCUT2D eigenvalue weighted by atomic mass is 10.1. The molecule has 100 valence electrons. The summed E-state index contributed by atoms with van der Waals surface area (Å²) in [6.07, 6.45) is 3.11. The highest BCUT2D eigenvalue weighted by atomic mass is 16.6. The number of hydrogen-bond acceptors (Lipinski definition) is 4. The molecule has 0 atom stereocenters. The van der Waals surface area contributed by atoms with E-state index in [1.54, 1.807) is 24.5 Å². The molecular formula is C16H13NO3. The van der Waals surface area contributed by atoms with Gasteiger partial charge in [-0.3, -0.25) is 0 Å². The fraction of sp³-hybridized carbons (Fsp3) is 0.125. The number of rotatable bonds is 2. The zero-order valence-electron chi connectivity index (χ0n) is 11.2. The van der Waals surface area contributed by atoms with Crippen molar-refractivity contribution >= 4 is 17.9 Å². The normalized spacial score (nSPS) is 16.4. The van der Waals surface area contributed by atoms with Crippen molar-refractivity contribution < 1.29 is 13.9 Å². The number of hydrogen-bond donors (Lipinski definition) is 0. The van der Waals surface area contributed by atoms with E-state index >= 15 is 0 Å². The highest BCUT2D eigenvalue weighted by Crippen LogP contribution is 2.20. The minimum absolute atomic E-state index is 0.244. The Kier molecular flexibility index (Phi) is 2.99. The average molecular weight is 267 g/mol. The number of cyclic esters (lactones) is 1. The van der Waals surface area contributed by atoms with Crippen molar-refractivity contribution in [1.29, 1.82) is 0 Å². The van der Waals surface area contributed by atoms with E-state index in [9.17, 15) is 4.79 Å². The first-order chi connectivity index (χ1) is 9.63. The molecule has 0 saturated carbocycles. The van der Waals surface area contributed by atoms with Gasteiger partial charge in [0.1, 0.15) is 5.76 Å². The summed E-state index contributed by atoms with van der Waals surface area (Å²) < 4.78 is 10.4. The van der Waals surface area contributed by atoms with Crippen molar-refractivity contribution in [1.82, 2.24) is 0 Å². The maximum absolute atomic E-state index is 11.8. The van der Waals surface area contributed by atoms with Crippen LogP contribution in [0.2, 0.25) is 0 Å². The van der Waals surface area contributed by atoms with Gasteiger partial charge in [-0.15, -0.1) is 0 Å². The van der Waals surface area contributed by atoms with Crippen molar-refractivity contribution in [2.45, 2.75) is 13.8 Å². The SMILES string of the molecule is Cc1ccc(C2=N/C(=C\c3ccco3)C(=O)O2)cc1C. The highest BCUT2D eigenvalue weighted by Gasteiger charge is 2.24. The molecule has 3 rings (SSSR count). The minimum atomic E-state index is -0.463. The summed E-state index contributed by atoms with van der Waals surface area (Å²) in [5, 5.41) is 0. The molecule has 0 fully saturated rings. The number of benzene rings is 1. The Morgan fingerprint density at radius 3 is 2.70 bits per heavy atom. The molecule has 0 amide bonds. The predicted octanol–water partition coefficient (Wildman–Crippen LogP) is 3.24. The van der Waals surface area contributed by atoms with E-state index in [1.165, 1.54) is 5.56 Å². The van der Waals surface area contributed by atoms with Crippen molar-refractivity contribution in [2.24, 2.45) is 4.99 Å². The number of nitrogens with zero attached hydrogens (tertiary/aromatic N) is 1.